The van der Waals surface area contributed by atoms with Gasteiger partial charge in [-0.05, 0) is 80.0 Å². The number of rotatable bonds is 16. The molecule has 2 aromatic carbocycles. The van der Waals surface area contributed by atoms with Gasteiger partial charge >= 0.3 is 6.18 Å². The van der Waals surface area contributed by atoms with Gasteiger partial charge in [-0.1, -0.05) is 35.4 Å². The van der Waals surface area contributed by atoms with Crippen molar-refractivity contribution >= 4 is 18.1 Å². The quantitative estimate of drug-likeness (QED) is 0.115. The number of nitrogens with one attached hydrogen (secondary N) is 1. The Morgan fingerprint density at radius 3 is 2.52 bits per heavy atom. The van der Waals surface area contributed by atoms with Gasteiger partial charge in [0.05, 0.1) is 17.8 Å². The summed E-state index contributed by atoms with van der Waals surface area (Å²) in [6.07, 6.45) is 13.3. The van der Waals surface area contributed by atoms with E-state index in [1.54, 1.807) is 12.2 Å². The lowest BCUT2D eigenvalue weighted by Gasteiger charge is -2.06. The van der Waals surface area contributed by atoms with Gasteiger partial charge in [0.15, 0.2) is 0 Å². The van der Waals surface area contributed by atoms with E-state index in [4.69, 9.17) is 15.6 Å². The number of aromatic nitrogens is 4. The molecule has 0 saturated heterocycles. The third-order valence-corrected chi connectivity index (χ3v) is 6.70. The first-order chi connectivity index (χ1) is 21.3. The summed E-state index contributed by atoms with van der Waals surface area (Å²) in [6.45, 7) is 1.28. The predicted octanol–water partition coefficient (Wildman–Crippen LogP) is 6.52. The molecule has 0 radical (unpaired) electrons. The van der Waals surface area contributed by atoms with Crippen molar-refractivity contribution in [3.05, 3.63) is 95.0 Å². The Kier molecular flexibility index (Phi) is 11.8. The van der Waals surface area contributed by atoms with Gasteiger partial charge in [-0.2, -0.15) is 13.2 Å². The van der Waals surface area contributed by atoms with Crippen LogP contribution in [-0.2, 0) is 37.0 Å². The van der Waals surface area contributed by atoms with Gasteiger partial charge in [0, 0.05) is 25.2 Å². The number of ether oxygens (including phenoxy) is 1. The van der Waals surface area contributed by atoms with Gasteiger partial charge < -0.3 is 14.5 Å². The van der Waals surface area contributed by atoms with Crippen LogP contribution in [0.2, 0.25) is 0 Å². The highest BCUT2D eigenvalue weighted by Crippen LogP contribution is 2.29. The van der Waals surface area contributed by atoms with Crippen molar-refractivity contribution in [2.24, 2.45) is 0 Å². The number of hydrogen-bond donors (Lipinski definition) is 1. The minimum atomic E-state index is -4.36. The number of alkyl halides is 3. The zero-order chi connectivity index (χ0) is 31.2. The Bertz CT molecular complexity index is 1530. The highest BCUT2D eigenvalue weighted by molar-refractivity contribution is 5.76. The maximum atomic E-state index is 12.7. The molecule has 11 heteroatoms. The average Bonchev–Trinajstić information content (AvgIpc) is 3.68. The van der Waals surface area contributed by atoms with E-state index in [1.165, 1.54) is 24.0 Å². The van der Waals surface area contributed by atoms with Crippen LogP contribution in [0.5, 0.6) is 5.75 Å². The van der Waals surface area contributed by atoms with Gasteiger partial charge in [0.25, 0.3) is 0 Å². The number of oxazole rings is 1. The van der Waals surface area contributed by atoms with Gasteiger partial charge in [0.1, 0.15) is 24.3 Å². The number of carbonyl (C=O) groups excluding carboxylic acids is 1. The van der Waals surface area contributed by atoms with E-state index in [2.05, 4.69) is 26.5 Å². The minimum Gasteiger partial charge on any atom is -0.487 e. The second-order valence-electron chi connectivity index (χ2n) is 10.2. The van der Waals surface area contributed by atoms with Crippen molar-refractivity contribution in [3.8, 4) is 18.1 Å². The van der Waals surface area contributed by atoms with E-state index < -0.39 is 11.7 Å². The number of nitrogens with zero attached hydrogens (tertiary/aromatic N) is 4. The molecule has 0 aliphatic carbocycles. The van der Waals surface area contributed by atoms with Crippen LogP contribution in [0, 0.1) is 12.3 Å². The van der Waals surface area contributed by atoms with E-state index in [9.17, 15) is 18.0 Å². The summed E-state index contributed by atoms with van der Waals surface area (Å²) < 4.78 is 51.2. The molecule has 0 atom stereocenters. The number of hydrogen-bond acceptors (Lipinski definition) is 6. The zero-order valence-corrected chi connectivity index (χ0v) is 24.2. The standard InChI is InChI=1S/C33H34F3N5O3/c1-2-20-37-31(42)9-4-3-8-28-22-41(40-39-28)21-6-5-7-25-12-17-30(18-13-25)43-23-29-24-44-32(38-29)19-14-26-10-15-27(16-11-26)33(34,35)36/h1,10-19,22,24H,3-9,20-21,23H2,(H,37,42)/b19-14+. The molecule has 4 aromatic rings. The van der Waals surface area contributed by atoms with E-state index >= 15 is 0 Å². The summed E-state index contributed by atoms with van der Waals surface area (Å²) in [5.74, 6) is 3.41. The second kappa shape index (κ2) is 16.1. The highest BCUT2D eigenvalue weighted by Gasteiger charge is 2.29. The first-order valence-electron chi connectivity index (χ1n) is 14.4. The molecular formula is C33H34F3N5O3. The van der Waals surface area contributed by atoms with Crippen LogP contribution in [0.4, 0.5) is 13.2 Å². The summed E-state index contributed by atoms with van der Waals surface area (Å²) >= 11 is 0. The molecular weight excluding hydrogens is 571 g/mol. The smallest absolute Gasteiger partial charge is 0.416 e. The van der Waals surface area contributed by atoms with Crippen molar-refractivity contribution in [1.29, 1.82) is 0 Å². The van der Waals surface area contributed by atoms with Crippen LogP contribution in [0.3, 0.4) is 0 Å². The second-order valence-corrected chi connectivity index (χ2v) is 10.2. The normalized spacial score (nSPS) is 11.5. The number of benzene rings is 2. The van der Waals surface area contributed by atoms with Crippen molar-refractivity contribution in [3.63, 3.8) is 0 Å². The molecule has 230 valence electrons. The number of terminal acetylenes is 1. The molecule has 0 bridgehead atoms. The molecule has 0 spiro atoms. The molecule has 8 nitrogen and oxygen atoms in total. The van der Waals surface area contributed by atoms with E-state index in [0.29, 0.717) is 29.3 Å². The fourth-order valence-corrected chi connectivity index (χ4v) is 4.32. The summed E-state index contributed by atoms with van der Waals surface area (Å²) in [5.41, 5.74) is 2.65. The molecule has 1 N–H and O–H groups in total. The Morgan fingerprint density at radius 2 is 1.77 bits per heavy atom. The van der Waals surface area contributed by atoms with Crippen LogP contribution in [-0.4, -0.2) is 32.4 Å². The lowest BCUT2D eigenvalue weighted by Crippen LogP contribution is -2.22. The van der Waals surface area contributed by atoms with Crippen LogP contribution in [0.15, 0.2) is 65.4 Å². The molecule has 0 aliphatic rings. The number of unbranched alkanes of at least 4 members (excludes halogenated alkanes) is 2. The summed E-state index contributed by atoms with van der Waals surface area (Å²) in [5, 5.41) is 11.1. The highest BCUT2D eigenvalue weighted by atomic mass is 19.4. The summed E-state index contributed by atoms with van der Waals surface area (Å²) in [7, 11) is 0. The van der Waals surface area contributed by atoms with Crippen LogP contribution >= 0.6 is 0 Å². The SMILES string of the molecule is C#CCNC(=O)CCCCc1cn(CCCCc2ccc(OCc3coc(/C=C/c4ccc(C(F)(F)F)cc4)n3)cc2)nn1. The van der Waals surface area contributed by atoms with Crippen molar-refractivity contribution in [1.82, 2.24) is 25.3 Å². The maximum absolute atomic E-state index is 12.7. The minimum absolute atomic E-state index is 0.0244. The Balaban J connectivity index is 1.11. The Labute approximate surface area is 254 Å². The first-order valence-corrected chi connectivity index (χ1v) is 14.4. The van der Waals surface area contributed by atoms with E-state index in [-0.39, 0.29) is 19.1 Å². The van der Waals surface area contributed by atoms with Gasteiger partial charge in [-0.3, -0.25) is 9.48 Å². The zero-order valence-electron chi connectivity index (χ0n) is 24.2. The fraction of sp³-hybridized carbons (Fsp3) is 0.333. The summed E-state index contributed by atoms with van der Waals surface area (Å²) in [6, 6.07) is 12.8. The predicted molar refractivity (Wildman–Crippen MR) is 160 cm³/mol. The molecule has 4 rings (SSSR count). The topological polar surface area (TPSA) is 95.1 Å². The fourth-order valence-electron chi connectivity index (χ4n) is 4.32. The molecule has 44 heavy (non-hydrogen) atoms. The molecule has 2 heterocycles. The third kappa shape index (κ3) is 10.8. The van der Waals surface area contributed by atoms with Crippen molar-refractivity contribution in [2.75, 3.05) is 6.54 Å². The molecule has 2 aromatic heterocycles. The van der Waals surface area contributed by atoms with E-state index in [0.717, 1.165) is 62.9 Å². The van der Waals surface area contributed by atoms with Gasteiger partial charge in [-0.15, -0.1) is 11.5 Å². The number of carbonyl (C=O) groups is 1. The Morgan fingerprint density at radius 1 is 1.00 bits per heavy atom. The molecule has 0 aliphatic heterocycles. The average molecular weight is 606 g/mol. The molecule has 0 fully saturated rings. The van der Waals surface area contributed by atoms with Gasteiger partial charge in [0.2, 0.25) is 11.8 Å². The number of aryl methyl sites for hydroxylation is 3. The molecule has 1 amide bonds. The van der Waals surface area contributed by atoms with Crippen molar-refractivity contribution in [2.45, 2.75) is 64.3 Å². The van der Waals surface area contributed by atoms with Crippen LogP contribution < -0.4 is 10.1 Å². The monoisotopic (exact) mass is 605 g/mol. The number of amides is 1. The van der Waals surface area contributed by atoms with Crippen LogP contribution in [0.1, 0.15) is 66.1 Å². The van der Waals surface area contributed by atoms with Gasteiger partial charge in [-0.25, -0.2) is 4.98 Å². The largest absolute Gasteiger partial charge is 0.487 e. The Hall–Kier alpha value is -4.85. The maximum Gasteiger partial charge on any atom is 0.416 e. The lowest BCUT2D eigenvalue weighted by molar-refractivity contribution is -0.137. The summed E-state index contributed by atoms with van der Waals surface area (Å²) in [4.78, 5) is 15.9. The number of halogens is 3. The van der Waals surface area contributed by atoms with Crippen molar-refractivity contribution < 1.29 is 27.1 Å². The molecule has 0 saturated carbocycles. The first kappa shape index (κ1) is 32.1. The van der Waals surface area contributed by atoms with Crippen LogP contribution in [0.25, 0.3) is 12.2 Å². The third-order valence-electron chi connectivity index (χ3n) is 6.70. The van der Waals surface area contributed by atoms with E-state index in [1.807, 2.05) is 35.1 Å². The lowest BCUT2D eigenvalue weighted by atomic mass is 10.1. The molecule has 0 unspecified atom stereocenters.